The Kier molecular flexibility index (Phi) is 3.12. The van der Waals surface area contributed by atoms with E-state index in [0.717, 1.165) is 0 Å². The van der Waals surface area contributed by atoms with Crippen molar-refractivity contribution in [2.24, 2.45) is 0 Å². The molecule has 2 heterocycles. The largest absolute Gasteiger partial charge is 0.296 e. The van der Waals surface area contributed by atoms with E-state index in [2.05, 4.69) is 10.1 Å². The molecule has 0 aliphatic carbocycles. The van der Waals surface area contributed by atoms with E-state index in [1.54, 1.807) is 24.4 Å². The summed E-state index contributed by atoms with van der Waals surface area (Å²) in [5.74, 6) is -0.249. The molecule has 0 radical (unpaired) electrons. The van der Waals surface area contributed by atoms with Gasteiger partial charge in [-0.2, -0.15) is 0 Å². The Morgan fingerprint density at radius 2 is 1.95 bits per heavy atom. The Morgan fingerprint density at radius 3 is 2.62 bits per heavy atom. The summed E-state index contributed by atoms with van der Waals surface area (Å²) in [5, 5.41) is 2.88. The topological polar surface area (TPSA) is 50.2 Å². The molecule has 0 amide bonds. The van der Waals surface area contributed by atoms with Crippen molar-refractivity contribution in [2.45, 2.75) is 26.7 Å². The number of rotatable bonds is 2. The zero-order valence-corrected chi connectivity index (χ0v) is 12.1. The van der Waals surface area contributed by atoms with E-state index in [0.29, 0.717) is 28.0 Å². The smallest absolute Gasteiger partial charge is 0.276 e. The summed E-state index contributed by atoms with van der Waals surface area (Å²) in [7, 11) is 0. The predicted molar refractivity (Wildman–Crippen MR) is 80.0 cm³/mol. The summed E-state index contributed by atoms with van der Waals surface area (Å²) in [6, 6.07) is 6.47. The summed E-state index contributed by atoms with van der Waals surface area (Å²) in [6.07, 6.45) is 1.62. The van der Waals surface area contributed by atoms with Crippen LogP contribution in [-0.4, -0.2) is 14.6 Å². The van der Waals surface area contributed by atoms with E-state index in [4.69, 9.17) is 0 Å². The Hall–Kier alpha value is -2.43. The number of nitrogens with one attached hydrogen (secondary N) is 1. The number of halogens is 1. The molecule has 0 unspecified atom stereocenters. The molecular formula is C16H16FN3O. The number of aromatic nitrogens is 3. The van der Waals surface area contributed by atoms with Crippen LogP contribution >= 0.6 is 0 Å². The minimum atomic E-state index is -0.334. The van der Waals surface area contributed by atoms with Gasteiger partial charge < -0.3 is 0 Å². The molecule has 108 valence electrons. The van der Waals surface area contributed by atoms with Crippen LogP contribution < -0.4 is 5.56 Å². The van der Waals surface area contributed by atoms with Gasteiger partial charge in [0.2, 0.25) is 0 Å². The molecule has 4 nitrogen and oxygen atoms in total. The third kappa shape index (κ3) is 2.05. The first-order chi connectivity index (χ1) is 10.0. The van der Waals surface area contributed by atoms with E-state index in [1.807, 2.05) is 20.8 Å². The minimum absolute atomic E-state index is 0.0853. The molecule has 0 saturated heterocycles. The first kappa shape index (κ1) is 13.5. The van der Waals surface area contributed by atoms with Gasteiger partial charge in [0.1, 0.15) is 5.82 Å². The Bertz CT molecular complexity index is 877. The molecule has 0 saturated carbocycles. The van der Waals surface area contributed by atoms with Crippen molar-refractivity contribution < 1.29 is 4.39 Å². The fourth-order valence-corrected chi connectivity index (χ4v) is 2.68. The number of nitrogens with zero attached hydrogens (tertiary/aromatic N) is 2. The monoisotopic (exact) mass is 285 g/mol. The summed E-state index contributed by atoms with van der Waals surface area (Å²) < 4.78 is 15.3. The van der Waals surface area contributed by atoms with Gasteiger partial charge in [-0.15, -0.1) is 0 Å². The number of benzene rings is 1. The quantitative estimate of drug-likeness (QED) is 0.785. The standard InChI is InChI=1S/C16H16FN3O/c1-9(2)14-10(3)19-15-12(8-18-20(15)16(14)21)11-6-4-5-7-13(11)17/h4-9,18H,1-3H3. The van der Waals surface area contributed by atoms with E-state index in [9.17, 15) is 9.18 Å². The summed E-state index contributed by atoms with van der Waals surface area (Å²) >= 11 is 0. The van der Waals surface area contributed by atoms with Crippen molar-refractivity contribution in [1.29, 1.82) is 0 Å². The maximum atomic E-state index is 14.0. The number of fused-ring (bicyclic) bond motifs is 1. The lowest BCUT2D eigenvalue weighted by molar-refractivity contribution is 0.631. The highest BCUT2D eigenvalue weighted by molar-refractivity contribution is 5.77. The lowest BCUT2D eigenvalue weighted by Crippen LogP contribution is -2.22. The van der Waals surface area contributed by atoms with Crippen LogP contribution in [0.1, 0.15) is 31.0 Å². The van der Waals surface area contributed by atoms with Crippen molar-refractivity contribution in [3.05, 3.63) is 57.9 Å². The Balaban J connectivity index is 2.35. The fourth-order valence-electron chi connectivity index (χ4n) is 2.68. The first-order valence-corrected chi connectivity index (χ1v) is 6.86. The number of hydrogen-bond acceptors (Lipinski definition) is 2. The zero-order chi connectivity index (χ0) is 15.1. The first-order valence-electron chi connectivity index (χ1n) is 6.86. The molecule has 21 heavy (non-hydrogen) atoms. The highest BCUT2D eigenvalue weighted by atomic mass is 19.1. The highest BCUT2D eigenvalue weighted by Gasteiger charge is 2.17. The van der Waals surface area contributed by atoms with Crippen LogP contribution in [0.25, 0.3) is 16.8 Å². The lowest BCUT2D eigenvalue weighted by atomic mass is 10.0. The van der Waals surface area contributed by atoms with Crippen molar-refractivity contribution in [3.63, 3.8) is 0 Å². The molecule has 2 aromatic heterocycles. The van der Waals surface area contributed by atoms with Crippen molar-refractivity contribution in [1.82, 2.24) is 14.6 Å². The van der Waals surface area contributed by atoms with Gasteiger partial charge >= 0.3 is 0 Å². The number of aromatic amines is 1. The second-order valence-electron chi connectivity index (χ2n) is 5.40. The molecule has 0 fully saturated rings. The van der Waals surface area contributed by atoms with Gasteiger partial charge in [0.15, 0.2) is 5.65 Å². The number of H-pyrrole nitrogens is 1. The molecule has 0 aliphatic heterocycles. The molecule has 5 heteroatoms. The molecule has 1 aromatic carbocycles. The zero-order valence-electron chi connectivity index (χ0n) is 12.1. The molecule has 0 atom stereocenters. The summed E-state index contributed by atoms with van der Waals surface area (Å²) in [4.78, 5) is 17.0. The third-order valence-corrected chi connectivity index (χ3v) is 3.63. The predicted octanol–water partition coefficient (Wildman–Crippen LogP) is 3.26. The van der Waals surface area contributed by atoms with Crippen LogP contribution in [0.2, 0.25) is 0 Å². The van der Waals surface area contributed by atoms with E-state index in [1.165, 1.54) is 10.6 Å². The van der Waals surface area contributed by atoms with Gasteiger partial charge in [-0.3, -0.25) is 9.89 Å². The van der Waals surface area contributed by atoms with Crippen LogP contribution in [-0.2, 0) is 0 Å². The van der Waals surface area contributed by atoms with E-state index < -0.39 is 0 Å². The van der Waals surface area contributed by atoms with Gasteiger partial charge in [-0.05, 0) is 18.9 Å². The second-order valence-corrected chi connectivity index (χ2v) is 5.40. The second kappa shape index (κ2) is 4.84. The average Bonchev–Trinajstić information content (AvgIpc) is 2.82. The maximum Gasteiger partial charge on any atom is 0.276 e. The van der Waals surface area contributed by atoms with Crippen molar-refractivity contribution >= 4 is 5.65 Å². The van der Waals surface area contributed by atoms with Crippen LogP contribution in [0.5, 0.6) is 0 Å². The number of hydrogen-bond donors (Lipinski definition) is 1. The summed E-state index contributed by atoms with van der Waals surface area (Å²) in [6.45, 7) is 5.73. The Morgan fingerprint density at radius 1 is 1.24 bits per heavy atom. The maximum absolute atomic E-state index is 14.0. The lowest BCUT2D eigenvalue weighted by Gasteiger charge is -2.09. The van der Waals surface area contributed by atoms with Gasteiger partial charge in [0, 0.05) is 28.6 Å². The van der Waals surface area contributed by atoms with E-state index >= 15 is 0 Å². The molecule has 3 rings (SSSR count). The fraction of sp³-hybridized carbons (Fsp3) is 0.250. The van der Waals surface area contributed by atoms with Gasteiger partial charge in [-0.1, -0.05) is 32.0 Å². The van der Waals surface area contributed by atoms with Crippen LogP contribution in [0.3, 0.4) is 0 Å². The molecule has 0 bridgehead atoms. The number of aryl methyl sites for hydroxylation is 1. The van der Waals surface area contributed by atoms with Crippen LogP contribution in [0.15, 0.2) is 35.3 Å². The SMILES string of the molecule is Cc1nc2c(-c3ccccc3F)c[nH]n2c(=O)c1C(C)C. The average molecular weight is 285 g/mol. The van der Waals surface area contributed by atoms with Gasteiger partial charge in [-0.25, -0.2) is 13.9 Å². The van der Waals surface area contributed by atoms with Gasteiger partial charge in [0.05, 0.1) is 0 Å². The summed E-state index contributed by atoms with van der Waals surface area (Å²) in [5.41, 5.74) is 2.70. The van der Waals surface area contributed by atoms with Crippen LogP contribution in [0, 0.1) is 12.7 Å². The van der Waals surface area contributed by atoms with E-state index in [-0.39, 0.29) is 17.3 Å². The van der Waals surface area contributed by atoms with Gasteiger partial charge in [0.25, 0.3) is 5.56 Å². The third-order valence-electron chi connectivity index (χ3n) is 3.63. The molecule has 1 N–H and O–H groups in total. The van der Waals surface area contributed by atoms with Crippen LogP contribution in [0.4, 0.5) is 4.39 Å². The Labute approximate surface area is 121 Å². The normalized spacial score (nSPS) is 11.5. The minimum Gasteiger partial charge on any atom is -0.296 e. The molecule has 0 aliphatic rings. The molecule has 0 spiro atoms. The molecular weight excluding hydrogens is 269 g/mol. The highest BCUT2D eigenvalue weighted by Crippen LogP contribution is 2.26. The van der Waals surface area contributed by atoms with Crippen molar-refractivity contribution in [2.75, 3.05) is 0 Å². The molecule has 3 aromatic rings. The van der Waals surface area contributed by atoms with Crippen molar-refractivity contribution in [3.8, 4) is 11.1 Å².